The standard InChI is InChI=1S/C14H18O3/c1-3-11(12-8-6-5-7-9-12)10-14(16)17-13(15)4-2/h5-9,11H,3-4,10H2,1-2H3. The van der Waals surface area contributed by atoms with Crippen molar-refractivity contribution in [1.82, 2.24) is 0 Å². The van der Waals surface area contributed by atoms with Crippen LogP contribution in [0.1, 0.15) is 44.6 Å². The molecule has 0 bridgehead atoms. The van der Waals surface area contributed by atoms with Gasteiger partial charge in [-0.2, -0.15) is 0 Å². The van der Waals surface area contributed by atoms with Gasteiger partial charge in [0.1, 0.15) is 0 Å². The fraction of sp³-hybridized carbons (Fsp3) is 0.429. The minimum atomic E-state index is -0.460. The highest BCUT2D eigenvalue weighted by Crippen LogP contribution is 2.23. The van der Waals surface area contributed by atoms with Crippen molar-refractivity contribution < 1.29 is 14.3 Å². The van der Waals surface area contributed by atoms with E-state index >= 15 is 0 Å². The van der Waals surface area contributed by atoms with E-state index in [1.54, 1.807) is 6.92 Å². The number of benzene rings is 1. The van der Waals surface area contributed by atoms with Crippen LogP contribution in [-0.2, 0) is 14.3 Å². The zero-order valence-corrected chi connectivity index (χ0v) is 10.3. The topological polar surface area (TPSA) is 43.4 Å². The number of hydrogen-bond acceptors (Lipinski definition) is 3. The number of esters is 2. The van der Waals surface area contributed by atoms with Crippen LogP contribution < -0.4 is 0 Å². The SMILES string of the molecule is CCC(=O)OC(=O)CC(CC)c1ccccc1. The van der Waals surface area contributed by atoms with E-state index < -0.39 is 11.9 Å². The van der Waals surface area contributed by atoms with Crippen molar-refractivity contribution in [3.8, 4) is 0 Å². The van der Waals surface area contributed by atoms with E-state index in [2.05, 4.69) is 4.74 Å². The van der Waals surface area contributed by atoms with Gasteiger partial charge in [-0.25, -0.2) is 0 Å². The monoisotopic (exact) mass is 234 g/mol. The van der Waals surface area contributed by atoms with E-state index in [0.717, 1.165) is 12.0 Å². The molecule has 1 rings (SSSR count). The summed E-state index contributed by atoms with van der Waals surface area (Å²) in [6.07, 6.45) is 1.33. The Morgan fingerprint density at radius 3 is 2.29 bits per heavy atom. The Morgan fingerprint density at radius 2 is 1.76 bits per heavy atom. The molecule has 3 heteroatoms. The maximum absolute atomic E-state index is 11.5. The van der Waals surface area contributed by atoms with Crippen LogP contribution in [0.5, 0.6) is 0 Å². The van der Waals surface area contributed by atoms with Crippen molar-refractivity contribution in [2.24, 2.45) is 0 Å². The van der Waals surface area contributed by atoms with Crippen molar-refractivity contribution in [3.63, 3.8) is 0 Å². The van der Waals surface area contributed by atoms with Gasteiger partial charge < -0.3 is 4.74 Å². The van der Waals surface area contributed by atoms with Gasteiger partial charge in [-0.05, 0) is 17.9 Å². The normalized spacial score (nSPS) is 11.9. The Morgan fingerprint density at radius 1 is 1.12 bits per heavy atom. The zero-order chi connectivity index (χ0) is 12.7. The van der Waals surface area contributed by atoms with E-state index in [1.807, 2.05) is 37.3 Å². The van der Waals surface area contributed by atoms with Crippen LogP contribution in [0, 0.1) is 0 Å². The molecule has 1 aromatic rings. The molecule has 0 saturated carbocycles. The highest BCUT2D eigenvalue weighted by molar-refractivity contribution is 5.85. The Bertz CT molecular complexity index is 370. The molecule has 0 saturated heterocycles. The molecule has 1 atom stereocenters. The summed E-state index contributed by atoms with van der Waals surface area (Å²) in [5.41, 5.74) is 1.11. The summed E-state index contributed by atoms with van der Waals surface area (Å²) >= 11 is 0. The van der Waals surface area contributed by atoms with Gasteiger partial charge >= 0.3 is 11.9 Å². The van der Waals surface area contributed by atoms with Gasteiger partial charge in [0, 0.05) is 6.42 Å². The Balaban J connectivity index is 2.59. The van der Waals surface area contributed by atoms with Crippen LogP contribution in [0.2, 0.25) is 0 Å². The fourth-order valence-electron chi connectivity index (χ4n) is 1.67. The highest BCUT2D eigenvalue weighted by Gasteiger charge is 2.16. The fourth-order valence-corrected chi connectivity index (χ4v) is 1.67. The molecule has 17 heavy (non-hydrogen) atoms. The first-order chi connectivity index (χ1) is 8.17. The van der Waals surface area contributed by atoms with Crippen molar-refractivity contribution in [3.05, 3.63) is 35.9 Å². The van der Waals surface area contributed by atoms with Gasteiger partial charge in [0.2, 0.25) is 0 Å². The number of carbonyl (C=O) groups is 2. The molecule has 0 aliphatic carbocycles. The first-order valence-electron chi connectivity index (χ1n) is 5.95. The first kappa shape index (κ1) is 13.4. The van der Waals surface area contributed by atoms with E-state index in [4.69, 9.17) is 0 Å². The third-order valence-electron chi connectivity index (χ3n) is 2.69. The molecule has 0 aromatic heterocycles. The Labute approximate surface area is 102 Å². The number of hydrogen-bond donors (Lipinski definition) is 0. The molecular formula is C14H18O3. The second kappa shape index (κ2) is 6.84. The Hall–Kier alpha value is -1.64. The molecule has 0 amide bonds. The average Bonchev–Trinajstić information content (AvgIpc) is 2.36. The van der Waals surface area contributed by atoms with E-state index in [1.165, 1.54) is 0 Å². The lowest BCUT2D eigenvalue weighted by Crippen LogP contribution is -2.14. The predicted octanol–water partition coefficient (Wildman–Crippen LogP) is 3.05. The second-order valence-corrected chi connectivity index (χ2v) is 3.92. The molecular weight excluding hydrogens is 216 g/mol. The quantitative estimate of drug-likeness (QED) is 0.581. The number of ether oxygens (including phenoxy) is 1. The van der Waals surface area contributed by atoms with Crippen LogP contribution in [-0.4, -0.2) is 11.9 Å². The van der Waals surface area contributed by atoms with Gasteiger partial charge in [0.15, 0.2) is 0 Å². The summed E-state index contributed by atoms with van der Waals surface area (Å²) in [6, 6.07) is 9.81. The molecule has 0 aliphatic heterocycles. The third-order valence-corrected chi connectivity index (χ3v) is 2.69. The number of rotatable bonds is 5. The van der Waals surface area contributed by atoms with Gasteiger partial charge in [0.05, 0.1) is 6.42 Å². The molecule has 0 aliphatic rings. The summed E-state index contributed by atoms with van der Waals surface area (Å²) < 4.78 is 4.68. The molecule has 0 heterocycles. The second-order valence-electron chi connectivity index (χ2n) is 3.92. The molecule has 0 fully saturated rings. The van der Waals surface area contributed by atoms with Crippen LogP contribution in [0.3, 0.4) is 0 Å². The Kier molecular flexibility index (Phi) is 5.40. The molecule has 0 radical (unpaired) electrons. The number of carbonyl (C=O) groups excluding carboxylic acids is 2. The van der Waals surface area contributed by atoms with E-state index in [9.17, 15) is 9.59 Å². The van der Waals surface area contributed by atoms with E-state index in [0.29, 0.717) is 0 Å². The predicted molar refractivity (Wildman–Crippen MR) is 65.5 cm³/mol. The minimum Gasteiger partial charge on any atom is -0.393 e. The summed E-state index contributed by atoms with van der Waals surface area (Å²) in [4.78, 5) is 22.5. The lowest BCUT2D eigenvalue weighted by atomic mass is 9.93. The molecule has 0 spiro atoms. The van der Waals surface area contributed by atoms with Gasteiger partial charge in [0.25, 0.3) is 0 Å². The van der Waals surface area contributed by atoms with Gasteiger partial charge in [-0.1, -0.05) is 44.2 Å². The lowest BCUT2D eigenvalue weighted by Gasteiger charge is -2.13. The van der Waals surface area contributed by atoms with Crippen molar-refractivity contribution >= 4 is 11.9 Å². The van der Waals surface area contributed by atoms with E-state index in [-0.39, 0.29) is 18.8 Å². The molecule has 92 valence electrons. The lowest BCUT2D eigenvalue weighted by molar-refractivity contribution is -0.159. The summed E-state index contributed by atoms with van der Waals surface area (Å²) in [5, 5.41) is 0. The average molecular weight is 234 g/mol. The van der Waals surface area contributed by atoms with Crippen molar-refractivity contribution in [2.45, 2.75) is 39.0 Å². The maximum Gasteiger partial charge on any atom is 0.314 e. The summed E-state index contributed by atoms with van der Waals surface area (Å²) in [6.45, 7) is 3.69. The maximum atomic E-state index is 11.5. The zero-order valence-electron chi connectivity index (χ0n) is 10.3. The molecule has 3 nitrogen and oxygen atoms in total. The van der Waals surface area contributed by atoms with Crippen molar-refractivity contribution in [1.29, 1.82) is 0 Å². The largest absolute Gasteiger partial charge is 0.393 e. The smallest absolute Gasteiger partial charge is 0.314 e. The van der Waals surface area contributed by atoms with Gasteiger partial charge in [-0.15, -0.1) is 0 Å². The van der Waals surface area contributed by atoms with Crippen molar-refractivity contribution in [2.75, 3.05) is 0 Å². The summed E-state index contributed by atoms with van der Waals surface area (Å²) in [5.74, 6) is -0.779. The van der Waals surface area contributed by atoms with Crippen LogP contribution in [0.25, 0.3) is 0 Å². The highest BCUT2D eigenvalue weighted by atomic mass is 16.6. The third kappa shape index (κ3) is 4.39. The molecule has 1 aromatic carbocycles. The minimum absolute atomic E-state index is 0.119. The molecule has 0 N–H and O–H groups in total. The van der Waals surface area contributed by atoms with Gasteiger partial charge in [-0.3, -0.25) is 9.59 Å². The summed E-state index contributed by atoms with van der Waals surface area (Å²) in [7, 11) is 0. The van der Waals surface area contributed by atoms with Crippen LogP contribution >= 0.6 is 0 Å². The molecule has 1 unspecified atom stereocenters. The first-order valence-corrected chi connectivity index (χ1v) is 5.95. The van der Waals surface area contributed by atoms with Crippen LogP contribution in [0.4, 0.5) is 0 Å². The van der Waals surface area contributed by atoms with Crippen LogP contribution in [0.15, 0.2) is 30.3 Å².